The van der Waals surface area contributed by atoms with Crippen molar-refractivity contribution >= 4 is 17.9 Å². The number of hydrogen-bond donors (Lipinski definition) is 1. The van der Waals surface area contributed by atoms with Crippen LogP contribution in [0.25, 0.3) is 0 Å². The van der Waals surface area contributed by atoms with Gasteiger partial charge >= 0.3 is 5.97 Å². The van der Waals surface area contributed by atoms with Crippen LogP contribution in [0.3, 0.4) is 0 Å². The van der Waals surface area contributed by atoms with Crippen LogP contribution in [0, 0.1) is 0 Å². The lowest BCUT2D eigenvalue weighted by Crippen LogP contribution is -2.58. The lowest BCUT2D eigenvalue weighted by atomic mass is 10.0. The Labute approximate surface area is 189 Å². The molecule has 0 saturated carbocycles. The summed E-state index contributed by atoms with van der Waals surface area (Å²) in [4.78, 5) is 21.3. The highest BCUT2D eigenvalue weighted by molar-refractivity contribution is 6.01. The standard InChI is InChI=1S/C23H33N5O4/c1-17-13-26(14-18(2)28(17)16-23(29)30)15-21-11-22(25-32-21)20-5-3-19(4-6-20)12-24-27-7-9-31-10-8-27/h3-6,12,17-18,21H,7-11,13-16H2,1-2H3,(H,29,30). The van der Waals surface area contributed by atoms with Crippen LogP contribution in [-0.4, -0.2) is 108 Å². The molecule has 3 aliphatic rings. The highest BCUT2D eigenvalue weighted by Gasteiger charge is 2.33. The Balaban J connectivity index is 1.26. The average Bonchev–Trinajstić information content (AvgIpc) is 3.24. The first-order valence-electron chi connectivity index (χ1n) is 11.4. The van der Waals surface area contributed by atoms with Gasteiger partial charge in [0.15, 0.2) is 0 Å². The van der Waals surface area contributed by atoms with E-state index in [4.69, 9.17) is 14.7 Å². The summed E-state index contributed by atoms with van der Waals surface area (Å²) in [7, 11) is 0. The number of hydrogen-bond acceptors (Lipinski definition) is 8. The molecule has 0 bridgehead atoms. The molecule has 9 nitrogen and oxygen atoms in total. The van der Waals surface area contributed by atoms with Gasteiger partial charge in [-0.15, -0.1) is 0 Å². The number of aliphatic carboxylic acids is 1. The van der Waals surface area contributed by atoms with Crippen LogP contribution in [0.2, 0.25) is 0 Å². The van der Waals surface area contributed by atoms with Gasteiger partial charge in [-0.1, -0.05) is 29.4 Å². The number of carboxylic acids is 1. The smallest absolute Gasteiger partial charge is 0.317 e. The molecule has 3 aliphatic heterocycles. The van der Waals surface area contributed by atoms with Gasteiger partial charge in [-0.25, -0.2) is 0 Å². The molecule has 2 fully saturated rings. The minimum Gasteiger partial charge on any atom is -0.480 e. The molecule has 0 aromatic heterocycles. The Morgan fingerprint density at radius 1 is 1.19 bits per heavy atom. The van der Waals surface area contributed by atoms with Gasteiger partial charge in [0.25, 0.3) is 0 Å². The van der Waals surface area contributed by atoms with Gasteiger partial charge in [0.05, 0.1) is 44.8 Å². The quantitative estimate of drug-likeness (QED) is 0.636. The second-order valence-corrected chi connectivity index (χ2v) is 8.88. The first-order valence-corrected chi connectivity index (χ1v) is 11.4. The van der Waals surface area contributed by atoms with Crippen molar-refractivity contribution < 1.29 is 19.5 Å². The number of nitrogens with zero attached hydrogens (tertiary/aromatic N) is 5. The highest BCUT2D eigenvalue weighted by Crippen LogP contribution is 2.21. The molecule has 2 saturated heterocycles. The molecule has 9 heteroatoms. The molecule has 4 rings (SSSR count). The number of morpholine rings is 1. The number of rotatable bonds is 7. The van der Waals surface area contributed by atoms with E-state index in [1.165, 1.54) is 0 Å². The molecule has 32 heavy (non-hydrogen) atoms. The summed E-state index contributed by atoms with van der Waals surface area (Å²) in [5.74, 6) is -0.771. The fourth-order valence-electron chi connectivity index (χ4n) is 4.65. The molecule has 0 radical (unpaired) electrons. The van der Waals surface area contributed by atoms with Crippen molar-refractivity contribution in [3.05, 3.63) is 35.4 Å². The minimum absolute atomic E-state index is 0.0259. The number of piperazine rings is 1. The number of ether oxygens (including phenoxy) is 1. The van der Waals surface area contributed by atoms with E-state index in [0.29, 0.717) is 0 Å². The van der Waals surface area contributed by atoms with Crippen molar-refractivity contribution in [2.75, 3.05) is 52.5 Å². The third kappa shape index (κ3) is 5.85. The van der Waals surface area contributed by atoms with E-state index in [9.17, 15) is 4.79 Å². The predicted octanol–water partition coefficient (Wildman–Crippen LogP) is 1.32. The predicted molar refractivity (Wildman–Crippen MR) is 122 cm³/mol. The Hall–Kier alpha value is -2.49. The molecule has 3 unspecified atom stereocenters. The molecule has 0 spiro atoms. The van der Waals surface area contributed by atoms with E-state index in [2.05, 4.69) is 58.2 Å². The van der Waals surface area contributed by atoms with Gasteiger partial charge in [0.2, 0.25) is 0 Å². The Kier molecular flexibility index (Phi) is 7.39. The largest absolute Gasteiger partial charge is 0.480 e. The Bertz CT molecular complexity index is 825. The van der Waals surface area contributed by atoms with E-state index < -0.39 is 5.97 Å². The van der Waals surface area contributed by atoms with Gasteiger partial charge in [0, 0.05) is 38.1 Å². The Morgan fingerprint density at radius 3 is 2.53 bits per heavy atom. The van der Waals surface area contributed by atoms with Crippen molar-refractivity contribution in [2.45, 2.75) is 38.5 Å². The summed E-state index contributed by atoms with van der Waals surface area (Å²) < 4.78 is 5.34. The zero-order chi connectivity index (χ0) is 22.5. The number of carbonyl (C=O) groups is 1. The van der Waals surface area contributed by atoms with E-state index in [1.807, 2.05) is 11.2 Å². The van der Waals surface area contributed by atoms with Crippen LogP contribution >= 0.6 is 0 Å². The summed E-state index contributed by atoms with van der Waals surface area (Å²) in [6, 6.07) is 8.65. The lowest BCUT2D eigenvalue weighted by Gasteiger charge is -2.44. The normalized spacial score (nSPS) is 27.5. The fourth-order valence-corrected chi connectivity index (χ4v) is 4.65. The van der Waals surface area contributed by atoms with Gasteiger partial charge in [0.1, 0.15) is 6.10 Å². The molecule has 0 amide bonds. The third-order valence-corrected chi connectivity index (χ3v) is 6.29. The second-order valence-electron chi connectivity index (χ2n) is 8.88. The van der Waals surface area contributed by atoms with Crippen LogP contribution < -0.4 is 0 Å². The van der Waals surface area contributed by atoms with Gasteiger partial charge in [-0.2, -0.15) is 5.10 Å². The second kappa shape index (κ2) is 10.4. The topological polar surface area (TPSA) is 90.2 Å². The summed E-state index contributed by atoms with van der Waals surface area (Å²) in [6.45, 7) is 9.87. The molecule has 1 aromatic rings. The van der Waals surface area contributed by atoms with Crippen molar-refractivity contribution in [3.8, 4) is 0 Å². The first kappa shape index (κ1) is 22.7. The van der Waals surface area contributed by atoms with Crippen LogP contribution in [-0.2, 0) is 14.4 Å². The molecular weight excluding hydrogens is 410 g/mol. The maximum absolute atomic E-state index is 11.1. The molecule has 174 valence electrons. The monoisotopic (exact) mass is 443 g/mol. The number of hydrazone groups is 1. The van der Waals surface area contributed by atoms with Crippen LogP contribution in [0.15, 0.2) is 34.5 Å². The van der Waals surface area contributed by atoms with Crippen LogP contribution in [0.5, 0.6) is 0 Å². The maximum atomic E-state index is 11.1. The molecular formula is C23H33N5O4. The van der Waals surface area contributed by atoms with Gasteiger partial charge in [-0.3, -0.25) is 19.6 Å². The van der Waals surface area contributed by atoms with Crippen molar-refractivity contribution in [3.63, 3.8) is 0 Å². The molecule has 3 heterocycles. The van der Waals surface area contributed by atoms with E-state index in [0.717, 1.165) is 69.2 Å². The summed E-state index contributed by atoms with van der Waals surface area (Å²) in [5, 5.41) is 20.0. The fraction of sp³-hybridized carbons (Fsp3) is 0.609. The number of benzene rings is 1. The zero-order valence-electron chi connectivity index (χ0n) is 18.9. The molecule has 0 aliphatic carbocycles. The zero-order valence-corrected chi connectivity index (χ0v) is 18.9. The SMILES string of the molecule is CC1CN(CC2CC(c3ccc(C=NN4CCOCC4)cc3)=NO2)CC(C)N1CC(=O)O. The molecule has 1 N–H and O–H groups in total. The van der Waals surface area contributed by atoms with Gasteiger partial charge < -0.3 is 14.7 Å². The van der Waals surface area contributed by atoms with E-state index >= 15 is 0 Å². The summed E-state index contributed by atoms with van der Waals surface area (Å²) in [6.07, 6.45) is 2.69. The first-order chi connectivity index (χ1) is 15.5. The van der Waals surface area contributed by atoms with Crippen molar-refractivity contribution in [1.82, 2.24) is 14.8 Å². The summed E-state index contributed by atoms with van der Waals surface area (Å²) >= 11 is 0. The summed E-state index contributed by atoms with van der Waals surface area (Å²) in [5.41, 5.74) is 3.10. The van der Waals surface area contributed by atoms with Crippen molar-refractivity contribution in [1.29, 1.82) is 0 Å². The maximum Gasteiger partial charge on any atom is 0.317 e. The minimum atomic E-state index is -0.771. The number of oxime groups is 1. The highest BCUT2D eigenvalue weighted by atomic mass is 16.6. The van der Waals surface area contributed by atoms with E-state index in [-0.39, 0.29) is 24.7 Å². The molecule has 3 atom stereocenters. The van der Waals surface area contributed by atoms with Crippen LogP contribution in [0.4, 0.5) is 0 Å². The average molecular weight is 444 g/mol. The van der Waals surface area contributed by atoms with Crippen LogP contribution in [0.1, 0.15) is 31.4 Å². The third-order valence-electron chi connectivity index (χ3n) is 6.29. The number of carboxylic acid groups (broad SMARTS) is 1. The molecule has 1 aromatic carbocycles. The van der Waals surface area contributed by atoms with E-state index in [1.54, 1.807) is 0 Å². The van der Waals surface area contributed by atoms with Crippen molar-refractivity contribution in [2.24, 2.45) is 10.3 Å². The lowest BCUT2D eigenvalue weighted by molar-refractivity contribution is -0.140. The Morgan fingerprint density at radius 2 is 1.88 bits per heavy atom. The van der Waals surface area contributed by atoms with Gasteiger partial charge in [-0.05, 0) is 25.0 Å².